The summed E-state index contributed by atoms with van der Waals surface area (Å²) < 4.78 is 60.1. The van der Waals surface area contributed by atoms with E-state index < -0.39 is 30.2 Å². The largest absolute Gasteiger partial charge is 0.493 e. The second kappa shape index (κ2) is 11.8. The summed E-state index contributed by atoms with van der Waals surface area (Å²) in [5.41, 5.74) is 1.36. The molecule has 1 unspecified atom stereocenters. The van der Waals surface area contributed by atoms with Crippen LogP contribution in [0.2, 0.25) is 0 Å². The van der Waals surface area contributed by atoms with E-state index in [-0.39, 0.29) is 24.9 Å². The molecule has 0 saturated carbocycles. The van der Waals surface area contributed by atoms with Crippen molar-refractivity contribution in [1.82, 2.24) is 9.99 Å². The first-order chi connectivity index (χ1) is 18.9. The number of anilines is 1. The van der Waals surface area contributed by atoms with Crippen LogP contribution in [-0.2, 0) is 4.79 Å². The van der Waals surface area contributed by atoms with Gasteiger partial charge in [0.05, 0.1) is 19.3 Å². The number of nitrogens with zero attached hydrogens (tertiary/aromatic N) is 4. The number of amides is 1. The highest BCUT2D eigenvalue weighted by Crippen LogP contribution is 2.34. The molecule has 2 aliphatic rings. The lowest BCUT2D eigenvalue weighted by Gasteiger charge is -2.34. The van der Waals surface area contributed by atoms with Gasteiger partial charge in [0, 0.05) is 55.9 Å². The number of hydrogen-bond acceptors (Lipinski definition) is 5. The van der Waals surface area contributed by atoms with Crippen LogP contribution in [0.1, 0.15) is 37.3 Å². The van der Waals surface area contributed by atoms with Gasteiger partial charge in [0.25, 0.3) is 0 Å². The molecule has 1 saturated heterocycles. The summed E-state index contributed by atoms with van der Waals surface area (Å²) in [6.45, 7) is 0.833. The number of benzene rings is 2. The Morgan fingerprint density at radius 1 is 1.00 bits per heavy atom. The molecule has 2 aromatic carbocycles. The molecule has 0 radical (unpaired) electrons. The first kappa shape index (κ1) is 26.6. The second-order valence-corrected chi connectivity index (χ2v) is 9.63. The number of carbonyl (C=O) groups excluding carboxylic acids is 1. The molecule has 2 aliphatic heterocycles. The zero-order valence-electron chi connectivity index (χ0n) is 21.2. The van der Waals surface area contributed by atoms with Gasteiger partial charge in [-0.25, -0.2) is 23.2 Å². The molecule has 0 aliphatic carbocycles. The lowest BCUT2D eigenvalue weighted by molar-refractivity contribution is -0.138. The number of rotatable bonds is 8. The van der Waals surface area contributed by atoms with Crippen LogP contribution in [-0.4, -0.2) is 48.5 Å². The monoisotopic (exact) mass is 540 g/mol. The van der Waals surface area contributed by atoms with Crippen molar-refractivity contribution in [2.45, 2.75) is 31.7 Å². The summed E-state index contributed by atoms with van der Waals surface area (Å²) >= 11 is 0. The number of ether oxygens (including phenoxy) is 1. The minimum absolute atomic E-state index is 0.175. The van der Waals surface area contributed by atoms with Crippen molar-refractivity contribution in [3.63, 3.8) is 0 Å². The highest BCUT2D eigenvalue weighted by molar-refractivity contribution is 5.82. The van der Waals surface area contributed by atoms with E-state index in [2.05, 4.69) is 10.1 Å². The van der Waals surface area contributed by atoms with Crippen LogP contribution in [0, 0.1) is 23.4 Å². The third-order valence-corrected chi connectivity index (χ3v) is 7.03. The number of aromatic nitrogens is 1. The molecule has 5 rings (SSSR count). The van der Waals surface area contributed by atoms with Crippen molar-refractivity contribution < 1.29 is 27.1 Å². The number of halogens is 4. The van der Waals surface area contributed by atoms with Crippen LogP contribution in [0.25, 0.3) is 11.1 Å². The smallest absolute Gasteiger partial charge is 0.246 e. The van der Waals surface area contributed by atoms with Crippen LogP contribution < -0.4 is 9.64 Å². The summed E-state index contributed by atoms with van der Waals surface area (Å²) in [4.78, 5) is 19.8. The zero-order valence-corrected chi connectivity index (χ0v) is 21.2. The molecule has 1 atom stereocenters. The molecular formula is C29H28F4N4O2. The van der Waals surface area contributed by atoms with Crippen LogP contribution >= 0.6 is 0 Å². The van der Waals surface area contributed by atoms with Crippen molar-refractivity contribution >= 4 is 17.9 Å². The number of alkyl halides is 1. The standard InChI is InChI=1S/C29H28F4N4O2/c30-8-1-13-39-24-2-3-26(33)25(18-24)20-4-9-34-28(16-20)36-11-6-19(7-12-36)29(38)37-27(5-10-35-37)21-14-22(31)17-23(32)15-21/h2-4,9-10,14-19,27H,1,5-8,11-13H2. The Balaban J connectivity index is 1.25. The molecule has 204 valence electrons. The van der Waals surface area contributed by atoms with Gasteiger partial charge in [-0.3, -0.25) is 9.18 Å². The predicted molar refractivity (Wildman–Crippen MR) is 140 cm³/mol. The quantitative estimate of drug-likeness (QED) is 0.257. The van der Waals surface area contributed by atoms with Gasteiger partial charge in [-0.2, -0.15) is 5.10 Å². The first-order valence-electron chi connectivity index (χ1n) is 12.9. The van der Waals surface area contributed by atoms with Gasteiger partial charge in [0.15, 0.2) is 0 Å². The number of piperidine rings is 1. The summed E-state index contributed by atoms with van der Waals surface area (Å²) in [5.74, 6) is -1.14. The lowest BCUT2D eigenvalue weighted by atomic mass is 9.94. The lowest BCUT2D eigenvalue weighted by Crippen LogP contribution is -2.41. The molecule has 39 heavy (non-hydrogen) atoms. The molecule has 3 heterocycles. The Bertz CT molecular complexity index is 1340. The molecule has 1 amide bonds. The van der Waals surface area contributed by atoms with Gasteiger partial charge in [-0.1, -0.05) is 0 Å². The van der Waals surface area contributed by atoms with Crippen LogP contribution in [0.5, 0.6) is 5.75 Å². The number of hydrogen-bond donors (Lipinski definition) is 0. The third-order valence-electron chi connectivity index (χ3n) is 7.03. The van der Waals surface area contributed by atoms with Gasteiger partial charge < -0.3 is 9.64 Å². The fourth-order valence-corrected chi connectivity index (χ4v) is 5.03. The maximum Gasteiger partial charge on any atom is 0.246 e. The average Bonchev–Trinajstić information content (AvgIpc) is 3.44. The Hall–Kier alpha value is -3.95. The fourth-order valence-electron chi connectivity index (χ4n) is 5.03. The highest BCUT2D eigenvalue weighted by atomic mass is 19.1. The summed E-state index contributed by atoms with van der Waals surface area (Å²) in [6, 6.07) is 10.7. The van der Waals surface area contributed by atoms with E-state index in [4.69, 9.17) is 4.74 Å². The van der Waals surface area contributed by atoms with Crippen molar-refractivity contribution in [3.8, 4) is 16.9 Å². The zero-order chi connectivity index (χ0) is 27.4. The summed E-state index contributed by atoms with van der Waals surface area (Å²) in [5, 5.41) is 5.56. The maximum absolute atomic E-state index is 14.7. The number of hydrazone groups is 1. The van der Waals surface area contributed by atoms with E-state index >= 15 is 0 Å². The molecular weight excluding hydrogens is 512 g/mol. The minimum atomic E-state index is -0.691. The Morgan fingerprint density at radius 2 is 1.77 bits per heavy atom. The van der Waals surface area contributed by atoms with Crippen molar-refractivity contribution in [1.29, 1.82) is 0 Å². The first-order valence-corrected chi connectivity index (χ1v) is 12.9. The Morgan fingerprint density at radius 3 is 2.51 bits per heavy atom. The SMILES string of the molecule is O=C(C1CCN(c2cc(-c3cc(OCCCF)ccc3F)ccn2)CC1)N1N=CCC1c1cc(F)cc(F)c1. The second-order valence-electron chi connectivity index (χ2n) is 9.63. The summed E-state index contributed by atoms with van der Waals surface area (Å²) in [6.07, 6.45) is 4.96. The van der Waals surface area contributed by atoms with Gasteiger partial charge in [0.1, 0.15) is 29.0 Å². The Kier molecular flexibility index (Phi) is 8.09. The highest BCUT2D eigenvalue weighted by Gasteiger charge is 2.35. The van der Waals surface area contributed by atoms with Gasteiger partial charge in [-0.15, -0.1) is 0 Å². The molecule has 3 aromatic rings. The molecule has 0 spiro atoms. The van der Waals surface area contributed by atoms with E-state index in [0.717, 1.165) is 6.07 Å². The van der Waals surface area contributed by atoms with E-state index in [1.54, 1.807) is 30.6 Å². The predicted octanol–water partition coefficient (Wildman–Crippen LogP) is 6.08. The number of pyridine rings is 1. The van der Waals surface area contributed by atoms with E-state index in [9.17, 15) is 22.4 Å². The third kappa shape index (κ3) is 6.05. The van der Waals surface area contributed by atoms with Crippen molar-refractivity contribution in [3.05, 3.63) is 77.7 Å². The van der Waals surface area contributed by atoms with E-state index in [0.29, 0.717) is 60.6 Å². The molecule has 0 N–H and O–H groups in total. The normalized spacial score (nSPS) is 17.6. The average molecular weight is 541 g/mol. The fraction of sp³-hybridized carbons (Fsp3) is 0.345. The van der Waals surface area contributed by atoms with Crippen LogP contribution in [0.15, 0.2) is 59.8 Å². The molecule has 1 aromatic heterocycles. The van der Waals surface area contributed by atoms with Gasteiger partial charge in [0.2, 0.25) is 5.91 Å². The molecule has 10 heteroatoms. The van der Waals surface area contributed by atoms with Crippen LogP contribution in [0.4, 0.5) is 23.4 Å². The molecule has 1 fully saturated rings. The molecule has 6 nitrogen and oxygen atoms in total. The van der Waals surface area contributed by atoms with Crippen molar-refractivity contribution in [2.75, 3.05) is 31.3 Å². The maximum atomic E-state index is 14.7. The minimum Gasteiger partial charge on any atom is -0.493 e. The van der Waals surface area contributed by atoms with Crippen molar-refractivity contribution in [2.24, 2.45) is 11.0 Å². The van der Waals surface area contributed by atoms with Crippen LogP contribution in [0.3, 0.4) is 0 Å². The summed E-state index contributed by atoms with van der Waals surface area (Å²) in [7, 11) is 0. The van der Waals surface area contributed by atoms with E-state index in [1.165, 1.54) is 29.3 Å². The number of carbonyl (C=O) groups is 1. The Labute approximate surface area is 223 Å². The molecule has 0 bridgehead atoms. The topological polar surface area (TPSA) is 58.0 Å². The van der Waals surface area contributed by atoms with Gasteiger partial charge in [-0.05, 0) is 66.4 Å². The van der Waals surface area contributed by atoms with E-state index in [1.807, 2.05) is 4.90 Å². The van der Waals surface area contributed by atoms with Gasteiger partial charge >= 0.3 is 0 Å².